The molecule has 234 valence electrons. The maximum atomic E-state index is 14.3. The molecule has 1 aromatic carbocycles. The lowest BCUT2D eigenvalue weighted by Crippen LogP contribution is -2.60. The molecule has 0 aromatic heterocycles. The van der Waals surface area contributed by atoms with Crippen molar-refractivity contribution in [3.8, 4) is 0 Å². The minimum atomic E-state index is -1.22. The number of Topliss-reactive ketones (excluding diaryl/α,β-unsaturated/α-hetero) is 1. The standard InChI is InChI=1S/C31H40Cl2N4O6/c1-6-10-21(25(38)27(40)34-13-7-2)35-26(39)24-22-20(31(22,32)33)16-37(24)28(41)23(36-29(42)43-30(3,4)5)19-14-17-11-8-9-12-18(17)15-19/h7-9,11-12,19-24H,2,6,10,13-16H2,1,3-5H3,(H,34,40)(H,35,39)(H,36,42)/t20-,21?,22-,23-,24-/m0/s1. The van der Waals surface area contributed by atoms with Crippen LogP contribution in [0.3, 0.4) is 0 Å². The molecule has 43 heavy (non-hydrogen) atoms. The van der Waals surface area contributed by atoms with Crippen LogP contribution in [0.15, 0.2) is 36.9 Å². The number of benzene rings is 1. The summed E-state index contributed by atoms with van der Waals surface area (Å²) in [6.45, 7) is 10.7. The molecule has 3 N–H and O–H groups in total. The van der Waals surface area contributed by atoms with Crippen LogP contribution in [-0.4, -0.2) is 75.6 Å². The number of alkyl carbamates (subject to hydrolysis) is 1. The SMILES string of the molecule is C=CCNC(=O)C(=O)C(CCC)NC(=O)[C@@H]1[C@@H]2[C@H](CN1C(=O)[C@@H](NC(=O)OC(C)(C)C)C1Cc3ccccc3C1)C2(Cl)Cl. The topological polar surface area (TPSA) is 134 Å². The zero-order chi connectivity index (χ0) is 31.7. The van der Waals surface area contributed by atoms with Crippen molar-refractivity contribution in [1.29, 1.82) is 0 Å². The number of ether oxygens (including phenoxy) is 1. The molecule has 4 rings (SSSR count). The average molecular weight is 636 g/mol. The van der Waals surface area contributed by atoms with Crippen LogP contribution in [0, 0.1) is 17.8 Å². The number of nitrogens with zero attached hydrogens (tertiary/aromatic N) is 1. The van der Waals surface area contributed by atoms with Gasteiger partial charge < -0.3 is 25.6 Å². The van der Waals surface area contributed by atoms with Gasteiger partial charge >= 0.3 is 6.09 Å². The Morgan fingerprint density at radius 2 is 1.74 bits per heavy atom. The molecule has 1 unspecified atom stereocenters. The van der Waals surface area contributed by atoms with Gasteiger partial charge in [0, 0.05) is 24.9 Å². The Balaban J connectivity index is 1.59. The zero-order valence-electron chi connectivity index (χ0n) is 25.0. The Morgan fingerprint density at radius 1 is 1.12 bits per heavy atom. The van der Waals surface area contributed by atoms with Gasteiger partial charge in [0.2, 0.25) is 17.6 Å². The molecule has 0 bridgehead atoms. The zero-order valence-corrected chi connectivity index (χ0v) is 26.5. The molecule has 1 saturated heterocycles. The molecular formula is C31H40Cl2N4O6. The quantitative estimate of drug-likeness (QED) is 0.195. The van der Waals surface area contributed by atoms with E-state index in [1.54, 1.807) is 20.8 Å². The summed E-state index contributed by atoms with van der Waals surface area (Å²) < 4.78 is 4.27. The van der Waals surface area contributed by atoms with Gasteiger partial charge in [-0.25, -0.2) is 4.79 Å². The second-order valence-electron chi connectivity index (χ2n) is 12.5. The molecule has 1 aromatic rings. The van der Waals surface area contributed by atoms with Crippen LogP contribution in [0.2, 0.25) is 0 Å². The maximum Gasteiger partial charge on any atom is 0.408 e. The van der Waals surface area contributed by atoms with Crippen molar-refractivity contribution >= 4 is 52.8 Å². The number of carbonyl (C=O) groups is 5. The van der Waals surface area contributed by atoms with Gasteiger partial charge in [0.1, 0.15) is 22.0 Å². The molecule has 12 heteroatoms. The van der Waals surface area contributed by atoms with Gasteiger partial charge in [-0.15, -0.1) is 29.8 Å². The second-order valence-corrected chi connectivity index (χ2v) is 14.0. The summed E-state index contributed by atoms with van der Waals surface area (Å²) in [6, 6.07) is 4.67. The highest BCUT2D eigenvalue weighted by atomic mass is 35.5. The fourth-order valence-electron chi connectivity index (χ4n) is 6.18. The number of halogens is 2. The molecular weight excluding hydrogens is 595 g/mol. The van der Waals surface area contributed by atoms with E-state index in [-0.39, 0.29) is 31.3 Å². The van der Waals surface area contributed by atoms with Crippen LogP contribution in [0.25, 0.3) is 0 Å². The highest BCUT2D eigenvalue weighted by Gasteiger charge is 2.74. The largest absolute Gasteiger partial charge is 0.444 e. The van der Waals surface area contributed by atoms with E-state index in [0.717, 1.165) is 11.1 Å². The predicted octanol–water partition coefficient (Wildman–Crippen LogP) is 3.08. The lowest BCUT2D eigenvalue weighted by Gasteiger charge is -2.35. The van der Waals surface area contributed by atoms with Gasteiger partial charge in [-0.05, 0) is 57.1 Å². The third-order valence-electron chi connectivity index (χ3n) is 8.22. The molecule has 0 radical (unpaired) electrons. The van der Waals surface area contributed by atoms with E-state index in [2.05, 4.69) is 22.5 Å². The summed E-state index contributed by atoms with van der Waals surface area (Å²) in [5.74, 6) is -3.94. The van der Waals surface area contributed by atoms with Crippen LogP contribution in [0.4, 0.5) is 4.79 Å². The second kappa shape index (κ2) is 12.9. The number of rotatable bonds is 11. The maximum absolute atomic E-state index is 14.3. The summed E-state index contributed by atoms with van der Waals surface area (Å²) in [7, 11) is 0. The van der Waals surface area contributed by atoms with Gasteiger partial charge in [0.15, 0.2) is 0 Å². The molecule has 1 heterocycles. The van der Waals surface area contributed by atoms with Crippen LogP contribution in [-0.2, 0) is 36.8 Å². The molecule has 1 aliphatic heterocycles. The minimum absolute atomic E-state index is 0.101. The fraction of sp³-hybridized carbons (Fsp3) is 0.581. The van der Waals surface area contributed by atoms with Crippen molar-refractivity contribution in [3.63, 3.8) is 0 Å². The molecule has 4 amide bonds. The van der Waals surface area contributed by atoms with E-state index in [4.69, 9.17) is 27.9 Å². The fourth-order valence-corrected chi connectivity index (χ4v) is 7.01. The summed E-state index contributed by atoms with van der Waals surface area (Å²) in [4.78, 5) is 67.7. The Kier molecular flexibility index (Phi) is 9.81. The third kappa shape index (κ3) is 7.17. The van der Waals surface area contributed by atoms with E-state index in [0.29, 0.717) is 19.3 Å². The van der Waals surface area contributed by atoms with E-state index < -0.39 is 63.6 Å². The number of alkyl halides is 2. The number of amides is 4. The Morgan fingerprint density at radius 3 is 2.30 bits per heavy atom. The summed E-state index contributed by atoms with van der Waals surface area (Å²) in [6.07, 6.45) is 2.55. The van der Waals surface area contributed by atoms with Gasteiger partial charge in [-0.1, -0.05) is 43.7 Å². The predicted molar refractivity (Wildman–Crippen MR) is 162 cm³/mol. The van der Waals surface area contributed by atoms with E-state index in [1.165, 1.54) is 11.0 Å². The van der Waals surface area contributed by atoms with Gasteiger partial charge in [0.25, 0.3) is 5.91 Å². The smallest absolute Gasteiger partial charge is 0.408 e. The average Bonchev–Trinajstić information content (AvgIpc) is 3.30. The molecule has 2 fully saturated rings. The number of hydrogen-bond acceptors (Lipinski definition) is 6. The van der Waals surface area contributed by atoms with Gasteiger partial charge in [0.05, 0.1) is 6.04 Å². The Labute approximate surface area is 262 Å². The van der Waals surface area contributed by atoms with E-state index >= 15 is 0 Å². The Bertz CT molecular complexity index is 1270. The minimum Gasteiger partial charge on any atom is -0.444 e. The first-order chi connectivity index (χ1) is 20.2. The van der Waals surface area contributed by atoms with Crippen molar-refractivity contribution in [2.75, 3.05) is 13.1 Å². The first kappa shape index (κ1) is 32.8. The van der Waals surface area contributed by atoms with Gasteiger partial charge in [-0.2, -0.15) is 0 Å². The molecule has 2 aliphatic carbocycles. The summed E-state index contributed by atoms with van der Waals surface area (Å²) in [5, 5.41) is 7.92. The summed E-state index contributed by atoms with van der Waals surface area (Å²) in [5.41, 5.74) is 1.39. The first-order valence-corrected chi connectivity index (χ1v) is 15.4. The monoisotopic (exact) mass is 634 g/mol. The number of carbonyl (C=O) groups excluding carboxylic acids is 5. The van der Waals surface area contributed by atoms with Crippen LogP contribution in [0.5, 0.6) is 0 Å². The van der Waals surface area contributed by atoms with Crippen molar-refractivity contribution in [3.05, 3.63) is 48.0 Å². The molecule has 3 aliphatic rings. The van der Waals surface area contributed by atoms with Crippen molar-refractivity contribution in [1.82, 2.24) is 20.9 Å². The van der Waals surface area contributed by atoms with Crippen molar-refractivity contribution < 1.29 is 28.7 Å². The van der Waals surface area contributed by atoms with Gasteiger partial charge in [-0.3, -0.25) is 19.2 Å². The van der Waals surface area contributed by atoms with Crippen molar-refractivity contribution in [2.45, 2.75) is 81.4 Å². The van der Waals surface area contributed by atoms with Crippen LogP contribution >= 0.6 is 23.2 Å². The number of piperidine rings is 1. The van der Waals surface area contributed by atoms with Crippen molar-refractivity contribution in [2.24, 2.45) is 17.8 Å². The number of ketones is 1. The van der Waals surface area contributed by atoms with Crippen LogP contribution < -0.4 is 16.0 Å². The molecule has 0 spiro atoms. The Hall–Kier alpha value is -3.11. The number of nitrogens with one attached hydrogen (secondary N) is 3. The summed E-state index contributed by atoms with van der Waals surface area (Å²) >= 11 is 13.1. The number of fused-ring (bicyclic) bond motifs is 2. The van der Waals surface area contributed by atoms with E-state index in [1.807, 2.05) is 31.2 Å². The number of likely N-dealkylation sites (tertiary alicyclic amines) is 1. The van der Waals surface area contributed by atoms with E-state index in [9.17, 15) is 24.0 Å². The molecule has 5 atom stereocenters. The lowest BCUT2D eigenvalue weighted by atomic mass is 9.94. The third-order valence-corrected chi connectivity index (χ3v) is 9.28. The molecule has 1 saturated carbocycles. The first-order valence-electron chi connectivity index (χ1n) is 14.7. The molecule has 10 nitrogen and oxygen atoms in total. The number of hydrogen-bond donors (Lipinski definition) is 3. The highest BCUT2D eigenvalue weighted by molar-refractivity contribution is 6.51. The lowest BCUT2D eigenvalue weighted by molar-refractivity contribution is -0.144. The normalized spacial score (nSPS) is 23.3. The van der Waals surface area contributed by atoms with Crippen LogP contribution in [0.1, 0.15) is 51.7 Å². The highest BCUT2D eigenvalue weighted by Crippen LogP contribution is 2.65.